The van der Waals surface area contributed by atoms with Crippen LogP contribution in [0.4, 0.5) is 8.78 Å². The molecule has 1 aromatic carbocycles. The van der Waals surface area contributed by atoms with Crippen LogP contribution in [0.5, 0.6) is 0 Å². The predicted octanol–water partition coefficient (Wildman–Crippen LogP) is 2.42. The minimum absolute atomic E-state index is 0.124. The summed E-state index contributed by atoms with van der Waals surface area (Å²) in [5.41, 5.74) is 0.298. The molecule has 1 fully saturated rings. The zero-order valence-corrected chi connectivity index (χ0v) is 12.0. The molecule has 5 nitrogen and oxygen atoms in total. The summed E-state index contributed by atoms with van der Waals surface area (Å²) < 4.78 is 33.9. The lowest BCUT2D eigenvalue weighted by Gasteiger charge is -2.10. The van der Waals surface area contributed by atoms with Crippen molar-refractivity contribution in [2.45, 2.75) is 36.4 Å². The van der Waals surface area contributed by atoms with E-state index >= 15 is 0 Å². The van der Waals surface area contributed by atoms with E-state index < -0.39 is 11.6 Å². The van der Waals surface area contributed by atoms with E-state index in [4.69, 9.17) is 4.74 Å². The van der Waals surface area contributed by atoms with Crippen molar-refractivity contribution < 1.29 is 13.5 Å². The molecule has 2 aromatic rings. The molecule has 0 radical (unpaired) electrons. The van der Waals surface area contributed by atoms with Crippen LogP contribution in [0.25, 0.3) is 0 Å². The number of aromatic nitrogens is 4. The first-order chi connectivity index (χ1) is 10.2. The first-order valence-electron chi connectivity index (χ1n) is 6.67. The van der Waals surface area contributed by atoms with E-state index in [1.54, 1.807) is 10.7 Å². The number of nitrogens with zero attached hydrogens (tertiary/aromatic N) is 4. The van der Waals surface area contributed by atoms with Gasteiger partial charge in [-0.05, 0) is 29.3 Å². The molecule has 0 bridgehead atoms. The van der Waals surface area contributed by atoms with Crippen LogP contribution in [-0.4, -0.2) is 32.9 Å². The van der Waals surface area contributed by atoms with E-state index in [9.17, 15) is 8.78 Å². The van der Waals surface area contributed by atoms with Crippen molar-refractivity contribution in [1.82, 2.24) is 20.2 Å². The fourth-order valence-electron chi connectivity index (χ4n) is 2.20. The zero-order valence-electron chi connectivity index (χ0n) is 11.2. The monoisotopic (exact) mass is 312 g/mol. The predicted molar refractivity (Wildman–Crippen MR) is 72.7 cm³/mol. The molecule has 2 heterocycles. The Morgan fingerprint density at radius 2 is 2.29 bits per heavy atom. The van der Waals surface area contributed by atoms with Crippen molar-refractivity contribution in [3.05, 3.63) is 35.4 Å². The Morgan fingerprint density at radius 1 is 1.38 bits per heavy atom. The fraction of sp³-hybridized carbons (Fsp3) is 0.462. The van der Waals surface area contributed by atoms with E-state index in [0.29, 0.717) is 17.3 Å². The van der Waals surface area contributed by atoms with Gasteiger partial charge in [-0.15, -0.1) is 5.10 Å². The van der Waals surface area contributed by atoms with Crippen molar-refractivity contribution >= 4 is 11.8 Å². The molecule has 0 saturated carbocycles. The van der Waals surface area contributed by atoms with E-state index in [2.05, 4.69) is 15.5 Å². The van der Waals surface area contributed by atoms with Gasteiger partial charge < -0.3 is 4.74 Å². The van der Waals surface area contributed by atoms with Gasteiger partial charge in [-0.25, -0.2) is 13.5 Å². The highest BCUT2D eigenvalue weighted by molar-refractivity contribution is 7.98. The van der Waals surface area contributed by atoms with Crippen LogP contribution in [0.2, 0.25) is 0 Å². The highest BCUT2D eigenvalue weighted by Gasteiger charge is 2.19. The molecule has 8 heteroatoms. The highest BCUT2D eigenvalue weighted by atomic mass is 32.2. The van der Waals surface area contributed by atoms with Gasteiger partial charge in [-0.1, -0.05) is 23.9 Å². The molecule has 0 amide bonds. The lowest BCUT2D eigenvalue weighted by molar-refractivity contribution is 0.0912. The number of ether oxygens (including phenoxy) is 1. The maximum Gasteiger partial charge on any atom is 0.209 e. The summed E-state index contributed by atoms with van der Waals surface area (Å²) in [6.07, 6.45) is 2.16. The lowest BCUT2D eigenvalue weighted by atomic mass is 10.2. The average molecular weight is 312 g/mol. The third-order valence-electron chi connectivity index (χ3n) is 3.29. The summed E-state index contributed by atoms with van der Waals surface area (Å²) in [7, 11) is 0. The Morgan fingerprint density at radius 3 is 3.10 bits per heavy atom. The zero-order chi connectivity index (χ0) is 14.7. The van der Waals surface area contributed by atoms with Crippen LogP contribution in [0.1, 0.15) is 18.4 Å². The van der Waals surface area contributed by atoms with Gasteiger partial charge in [0.2, 0.25) is 5.16 Å². The number of thioether (sulfide) groups is 1. The summed E-state index contributed by atoms with van der Waals surface area (Å²) in [5, 5.41) is 12.1. The number of hydrogen-bond acceptors (Lipinski definition) is 5. The quantitative estimate of drug-likeness (QED) is 0.794. The summed E-state index contributed by atoms with van der Waals surface area (Å²) >= 11 is 1.28. The molecule has 1 unspecified atom stereocenters. The fourth-order valence-corrected chi connectivity index (χ4v) is 3.06. The Kier molecular flexibility index (Phi) is 4.45. The van der Waals surface area contributed by atoms with Crippen molar-refractivity contribution in [1.29, 1.82) is 0 Å². The smallest absolute Gasteiger partial charge is 0.209 e. The summed E-state index contributed by atoms with van der Waals surface area (Å²) in [6.45, 7) is 1.35. The Bertz CT molecular complexity index is 616. The maximum absolute atomic E-state index is 13.6. The topological polar surface area (TPSA) is 52.8 Å². The molecule has 0 aliphatic carbocycles. The molecule has 0 spiro atoms. The molecular formula is C13H14F2N4OS. The summed E-state index contributed by atoms with van der Waals surface area (Å²) in [6, 6.07) is 4.15. The molecule has 112 valence electrons. The van der Waals surface area contributed by atoms with Crippen molar-refractivity contribution in [2.75, 3.05) is 6.61 Å². The second-order valence-electron chi connectivity index (χ2n) is 4.78. The number of benzene rings is 1. The standard InChI is InChI=1S/C13H14F2N4OS/c14-11-5-1-3-9(12(11)15)8-21-13-16-17-18-19(13)7-10-4-2-6-20-10/h1,3,5,10H,2,4,6-8H2. The number of hydrogen-bond donors (Lipinski definition) is 0. The van der Waals surface area contributed by atoms with Crippen LogP contribution >= 0.6 is 11.8 Å². The van der Waals surface area contributed by atoms with Crippen molar-refractivity contribution in [2.24, 2.45) is 0 Å². The number of halogens is 2. The maximum atomic E-state index is 13.6. The van der Waals surface area contributed by atoms with E-state index in [-0.39, 0.29) is 11.9 Å². The van der Waals surface area contributed by atoms with Crippen molar-refractivity contribution in [3.63, 3.8) is 0 Å². The average Bonchev–Trinajstić information content (AvgIpc) is 3.13. The Hall–Kier alpha value is -1.54. The lowest BCUT2D eigenvalue weighted by Crippen LogP contribution is -2.16. The van der Waals surface area contributed by atoms with E-state index in [1.807, 2.05) is 0 Å². The molecule has 1 saturated heterocycles. The third-order valence-corrected chi connectivity index (χ3v) is 4.29. The highest BCUT2D eigenvalue weighted by Crippen LogP contribution is 2.24. The van der Waals surface area contributed by atoms with Crippen LogP contribution in [0.15, 0.2) is 23.4 Å². The first kappa shape index (κ1) is 14.4. The molecule has 21 heavy (non-hydrogen) atoms. The van der Waals surface area contributed by atoms with Crippen LogP contribution < -0.4 is 0 Å². The summed E-state index contributed by atoms with van der Waals surface area (Å²) in [4.78, 5) is 0. The molecule has 0 N–H and O–H groups in total. The van der Waals surface area contributed by atoms with Gasteiger partial charge >= 0.3 is 0 Å². The van der Waals surface area contributed by atoms with Gasteiger partial charge in [0.1, 0.15) is 0 Å². The molecule has 1 aliphatic rings. The number of tetrazole rings is 1. The summed E-state index contributed by atoms with van der Waals surface area (Å²) in [5.74, 6) is -1.38. The van der Waals surface area contributed by atoms with Gasteiger partial charge in [0.15, 0.2) is 11.6 Å². The minimum Gasteiger partial charge on any atom is -0.376 e. The van der Waals surface area contributed by atoms with Gasteiger partial charge in [0, 0.05) is 17.9 Å². The van der Waals surface area contributed by atoms with Crippen LogP contribution in [-0.2, 0) is 17.0 Å². The first-order valence-corrected chi connectivity index (χ1v) is 7.66. The van der Waals surface area contributed by atoms with Crippen LogP contribution in [0.3, 0.4) is 0 Å². The molecule has 1 atom stereocenters. The second kappa shape index (κ2) is 6.48. The van der Waals surface area contributed by atoms with Gasteiger partial charge in [0.05, 0.1) is 12.6 Å². The SMILES string of the molecule is Fc1cccc(CSc2nnnn2CC2CCCO2)c1F. The largest absolute Gasteiger partial charge is 0.376 e. The Balaban J connectivity index is 1.65. The van der Waals surface area contributed by atoms with E-state index in [0.717, 1.165) is 25.5 Å². The molecule has 1 aliphatic heterocycles. The minimum atomic E-state index is -0.841. The van der Waals surface area contributed by atoms with Crippen LogP contribution in [0, 0.1) is 11.6 Å². The van der Waals surface area contributed by atoms with Gasteiger partial charge in [-0.2, -0.15) is 0 Å². The molecule has 3 rings (SSSR count). The molecular weight excluding hydrogens is 298 g/mol. The third kappa shape index (κ3) is 3.38. The Labute approximate surface area is 124 Å². The number of rotatable bonds is 5. The van der Waals surface area contributed by atoms with Crippen molar-refractivity contribution in [3.8, 4) is 0 Å². The van der Waals surface area contributed by atoms with Gasteiger partial charge in [0.25, 0.3) is 0 Å². The second-order valence-corrected chi connectivity index (χ2v) is 5.72. The molecule has 1 aromatic heterocycles. The van der Waals surface area contributed by atoms with E-state index in [1.165, 1.54) is 17.8 Å². The normalized spacial score (nSPS) is 18.3. The van der Waals surface area contributed by atoms with Gasteiger partial charge in [-0.3, -0.25) is 0 Å².